The minimum Gasteiger partial charge on any atom is -0.364 e. The topological polar surface area (TPSA) is 101 Å². The van der Waals surface area contributed by atoms with Gasteiger partial charge in [0, 0.05) is 17.7 Å². The Morgan fingerprint density at radius 2 is 1.90 bits per heavy atom. The molecule has 3 aromatic heterocycles. The number of aromatic amines is 1. The summed E-state index contributed by atoms with van der Waals surface area (Å²) in [5.74, 6) is 0.529. The number of anilines is 1. The van der Waals surface area contributed by atoms with Gasteiger partial charge in [-0.1, -0.05) is 44.2 Å². The quantitative estimate of drug-likeness (QED) is 0.447. The standard InChI is InChI=1S/C20H21N5O2S2/c1-12(2)16-17-18(25-24-16)19(23-20(22-17)29(3,26)27)21-11-13-6-8-14(9-7-13)15-5-4-10-28-15/h4-10,12H,11H2,1-3H3,(H,24,25)(H,21,22,23). The maximum atomic E-state index is 12.1. The molecule has 0 aliphatic carbocycles. The Bertz CT molecular complexity index is 1240. The van der Waals surface area contributed by atoms with Gasteiger partial charge < -0.3 is 5.32 Å². The smallest absolute Gasteiger partial charge is 0.249 e. The van der Waals surface area contributed by atoms with Crippen molar-refractivity contribution in [3.63, 3.8) is 0 Å². The third-order valence-electron chi connectivity index (χ3n) is 4.52. The lowest BCUT2D eigenvalue weighted by molar-refractivity contribution is 0.594. The Morgan fingerprint density at radius 3 is 2.52 bits per heavy atom. The zero-order chi connectivity index (χ0) is 20.6. The fourth-order valence-electron chi connectivity index (χ4n) is 3.01. The van der Waals surface area contributed by atoms with Crippen molar-refractivity contribution in [3.8, 4) is 10.4 Å². The summed E-state index contributed by atoms with van der Waals surface area (Å²) >= 11 is 1.70. The van der Waals surface area contributed by atoms with Gasteiger partial charge in [0.25, 0.3) is 0 Å². The second-order valence-corrected chi connectivity index (χ2v) is 10.00. The van der Waals surface area contributed by atoms with Crippen molar-refractivity contribution in [1.29, 1.82) is 0 Å². The van der Waals surface area contributed by atoms with Gasteiger partial charge in [-0.3, -0.25) is 5.10 Å². The van der Waals surface area contributed by atoms with E-state index in [2.05, 4.69) is 49.1 Å². The van der Waals surface area contributed by atoms with Crippen LogP contribution >= 0.6 is 11.3 Å². The van der Waals surface area contributed by atoms with E-state index < -0.39 is 9.84 Å². The second kappa shape index (κ2) is 7.57. The number of nitrogens with one attached hydrogen (secondary N) is 2. The predicted molar refractivity (Wildman–Crippen MR) is 116 cm³/mol. The molecule has 0 unspecified atom stereocenters. The van der Waals surface area contributed by atoms with E-state index in [0.717, 1.165) is 17.5 Å². The first-order valence-electron chi connectivity index (χ1n) is 9.15. The average molecular weight is 428 g/mol. The van der Waals surface area contributed by atoms with Crippen molar-refractivity contribution in [3.05, 3.63) is 53.0 Å². The maximum absolute atomic E-state index is 12.1. The van der Waals surface area contributed by atoms with E-state index in [1.165, 1.54) is 10.4 Å². The largest absolute Gasteiger partial charge is 0.364 e. The molecule has 0 saturated heterocycles. The van der Waals surface area contributed by atoms with Crippen molar-refractivity contribution in [1.82, 2.24) is 20.2 Å². The molecular formula is C20H21N5O2S2. The molecule has 150 valence electrons. The first-order valence-corrected chi connectivity index (χ1v) is 11.9. The Morgan fingerprint density at radius 1 is 1.14 bits per heavy atom. The highest BCUT2D eigenvalue weighted by Crippen LogP contribution is 2.28. The van der Waals surface area contributed by atoms with Crippen LogP contribution in [0.1, 0.15) is 31.0 Å². The number of fused-ring (bicyclic) bond motifs is 1. The van der Waals surface area contributed by atoms with E-state index in [-0.39, 0.29) is 11.1 Å². The monoisotopic (exact) mass is 427 g/mol. The number of rotatable bonds is 6. The lowest BCUT2D eigenvalue weighted by Gasteiger charge is -2.09. The Labute approximate surface area is 173 Å². The summed E-state index contributed by atoms with van der Waals surface area (Å²) in [6.07, 6.45) is 1.11. The zero-order valence-corrected chi connectivity index (χ0v) is 17.9. The van der Waals surface area contributed by atoms with Crippen LogP contribution in [0.2, 0.25) is 0 Å². The Kier molecular flexibility index (Phi) is 5.10. The molecule has 0 spiro atoms. The fraction of sp³-hybridized carbons (Fsp3) is 0.250. The molecule has 0 saturated carbocycles. The van der Waals surface area contributed by atoms with Crippen LogP contribution in [0.5, 0.6) is 0 Å². The molecule has 0 radical (unpaired) electrons. The van der Waals surface area contributed by atoms with Gasteiger partial charge in [-0.2, -0.15) is 10.1 Å². The molecule has 0 aliphatic heterocycles. The molecule has 29 heavy (non-hydrogen) atoms. The Balaban J connectivity index is 1.65. The summed E-state index contributed by atoms with van der Waals surface area (Å²) in [4.78, 5) is 9.71. The minimum atomic E-state index is -3.55. The molecule has 9 heteroatoms. The number of hydrogen-bond acceptors (Lipinski definition) is 7. The average Bonchev–Trinajstić information content (AvgIpc) is 3.35. The molecular weight excluding hydrogens is 406 g/mol. The first-order chi connectivity index (χ1) is 13.8. The molecule has 1 aromatic carbocycles. The van der Waals surface area contributed by atoms with Crippen LogP contribution in [0.25, 0.3) is 21.5 Å². The van der Waals surface area contributed by atoms with Crippen LogP contribution in [0.3, 0.4) is 0 Å². The molecule has 4 rings (SSSR count). The lowest BCUT2D eigenvalue weighted by atomic mass is 10.1. The molecule has 0 atom stereocenters. The van der Waals surface area contributed by atoms with Crippen LogP contribution < -0.4 is 5.32 Å². The highest BCUT2D eigenvalue weighted by Gasteiger charge is 2.20. The highest BCUT2D eigenvalue weighted by molar-refractivity contribution is 7.90. The normalized spacial score (nSPS) is 12.0. The van der Waals surface area contributed by atoms with Crippen molar-refractivity contribution in [2.75, 3.05) is 11.6 Å². The van der Waals surface area contributed by atoms with E-state index >= 15 is 0 Å². The van der Waals surface area contributed by atoms with Gasteiger partial charge in [0.2, 0.25) is 15.0 Å². The molecule has 0 amide bonds. The van der Waals surface area contributed by atoms with E-state index in [4.69, 9.17) is 0 Å². The number of H-pyrrole nitrogens is 1. The summed E-state index contributed by atoms with van der Waals surface area (Å²) < 4.78 is 24.1. The van der Waals surface area contributed by atoms with Gasteiger partial charge in [0.05, 0.1) is 5.69 Å². The van der Waals surface area contributed by atoms with Gasteiger partial charge in [-0.25, -0.2) is 13.4 Å². The highest BCUT2D eigenvalue weighted by atomic mass is 32.2. The number of nitrogens with zero attached hydrogens (tertiary/aromatic N) is 3. The summed E-state index contributed by atoms with van der Waals surface area (Å²) in [6, 6.07) is 12.4. The Hall–Kier alpha value is -2.78. The van der Waals surface area contributed by atoms with Gasteiger partial charge in [-0.15, -0.1) is 11.3 Å². The summed E-state index contributed by atoms with van der Waals surface area (Å²) in [5, 5.41) is 12.4. The van der Waals surface area contributed by atoms with Crippen LogP contribution in [0, 0.1) is 0 Å². The van der Waals surface area contributed by atoms with Crippen molar-refractivity contribution < 1.29 is 8.42 Å². The minimum absolute atomic E-state index is 0.101. The lowest BCUT2D eigenvalue weighted by Crippen LogP contribution is -2.09. The summed E-state index contributed by atoms with van der Waals surface area (Å²) in [5.41, 5.74) is 4.09. The van der Waals surface area contributed by atoms with Crippen LogP contribution in [0.4, 0.5) is 5.82 Å². The van der Waals surface area contributed by atoms with E-state index in [1.54, 1.807) is 11.3 Å². The van der Waals surface area contributed by atoms with Crippen LogP contribution in [-0.4, -0.2) is 34.8 Å². The van der Waals surface area contributed by atoms with E-state index in [0.29, 0.717) is 23.4 Å². The van der Waals surface area contributed by atoms with E-state index in [9.17, 15) is 8.42 Å². The summed E-state index contributed by atoms with van der Waals surface area (Å²) in [6.45, 7) is 4.47. The summed E-state index contributed by atoms with van der Waals surface area (Å²) in [7, 11) is -3.55. The second-order valence-electron chi connectivity index (χ2n) is 7.14. The van der Waals surface area contributed by atoms with Gasteiger partial charge in [-0.05, 0) is 28.5 Å². The first kappa shape index (κ1) is 19.5. The molecule has 0 aliphatic rings. The van der Waals surface area contributed by atoms with Gasteiger partial charge >= 0.3 is 0 Å². The SMILES string of the molecule is CC(C)c1n[nH]c2c(NCc3ccc(-c4cccs4)cc3)nc(S(C)(=O)=O)nc12. The fourth-order valence-corrected chi connectivity index (χ4v) is 4.26. The number of hydrogen-bond donors (Lipinski definition) is 2. The molecule has 4 aromatic rings. The van der Waals surface area contributed by atoms with E-state index in [1.807, 2.05) is 32.0 Å². The predicted octanol–water partition coefficient (Wildman–Crippen LogP) is 4.22. The van der Waals surface area contributed by atoms with Crippen molar-refractivity contribution >= 4 is 38.0 Å². The zero-order valence-electron chi connectivity index (χ0n) is 16.3. The number of benzene rings is 1. The van der Waals surface area contributed by atoms with Crippen LogP contribution in [-0.2, 0) is 16.4 Å². The number of sulfone groups is 1. The molecule has 0 bridgehead atoms. The third kappa shape index (κ3) is 4.01. The van der Waals surface area contributed by atoms with Crippen molar-refractivity contribution in [2.45, 2.75) is 31.5 Å². The van der Waals surface area contributed by atoms with Crippen LogP contribution in [0.15, 0.2) is 46.9 Å². The third-order valence-corrected chi connectivity index (χ3v) is 6.28. The molecule has 2 N–H and O–H groups in total. The van der Waals surface area contributed by atoms with Gasteiger partial charge in [0.1, 0.15) is 11.0 Å². The number of aromatic nitrogens is 4. The molecule has 7 nitrogen and oxygen atoms in total. The number of thiophene rings is 1. The molecule has 0 fully saturated rings. The van der Waals surface area contributed by atoms with Gasteiger partial charge in [0.15, 0.2) is 5.82 Å². The van der Waals surface area contributed by atoms with Crippen molar-refractivity contribution in [2.24, 2.45) is 0 Å². The maximum Gasteiger partial charge on any atom is 0.249 e. The molecule has 3 heterocycles.